The largest absolute Gasteiger partial charge is 0.396 e. The van der Waals surface area contributed by atoms with Crippen molar-refractivity contribution < 1.29 is 4.79 Å². The lowest BCUT2D eigenvalue weighted by atomic mass is 10.3. The van der Waals surface area contributed by atoms with Gasteiger partial charge >= 0.3 is 0 Å². The predicted molar refractivity (Wildman–Crippen MR) is 59.0 cm³/mol. The van der Waals surface area contributed by atoms with Crippen LogP contribution < -0.4 is 11.5 Å². The topological polar surface area (TPSA) is 124 Å². The summed E-state index contributed by atoms with van der Waals surface area (Å²) in [5, 5.41) is 12.5. The Morgan fingerprint density at radius 2 is 2.24 bits per heavy atom. The Balaban J connectivity index is 2.43. The number of carbonyl (C=O) groups is 1. The van der Waals surface area contributed by atoms with Crippen molar-refractivity contribution >= 4 is 11.6 Å². The highest BCUT2D eigenvalue weighted by molar-refractivity contribution is 5.95. The van der Waals surface area contributed by atoms with Crippen molar-refractivity contribution in [2.45, 2.75) is 0 Å². The second-order valence-corrected chi connectivity index (χ2v) is 3.26. The second-order valence-electron chi connectivity index (χ2n) is 3.26. The molecular weight excluding hydrogens is 220 g/mol. The molecule has 0 saturated heterocycles. The summed E-state index contributed by atoms with van der Waals surface area (Å²) in [4.78, 5) is 15.0. The molecule has 0 fully saturated rings. The number of primary amides is 1. The summed E-state index contributed by atoms with van der Waals surface area (Å²) in [5.74, 6) is -0.252. The maximum absolute atomic E-state index is 11.0. The number of nitrogens with two attached hydrogens (primary N) is 2. The smallest absolute Gasteiger partial charge is 0.271 e. The standard InChI is InChI=1S/C10H8N6O/c11-3-6-1-2-8(14-4-6)16-5-7(12)9(15-16)10(13)17/h1-2,4-5H,12H2,(H2,13,17). The van der Waals surface area contributed by atoms with E-state index >= 15 is 0 Å². The number of hydrogen-bond acceptors (Lipinski definition) is 5. The Bertz CT molecular complexity index is 607. The molecule has 0 unspecified atom stereocenters. The fraction of sp³-hybridized carbons (Fsp3) is 0. The van der Waals surface area contributed by atoms with Gasteiger partial charge in [0.2, 0.25) is 0 Å². The van der Waals surface area contributed by atoms with Crippen LogP contribution in [0.15, 0.2) is 24.5 Å². The van der Waals surface area contributed by atoms with E-state index < -0.39 is 5.91 Å². The third-order valence-corrected chi connectivity index (χ3v) is 2.09. The molecule has 7 nitrogen and oxygen atoms in total. The van der Waals surface area contributed by atoms with Crippen LogP contribution in [0.1, 0.15) is 16.1 Å². The molecule has 4 N–H and O–H groups in total. The van der Waals surface area contributed by atoms with E-state index in [4.69, 9.17) is 16.7 Å². The number of carbonyl (C=O) groups excluding carboxylic acids is 1. The van der Waals surface area contributed by atoms with Gasteiger partial charge in [-0.25, -0.2) is 9.67 Å². The van der Waals surface area contributed by atoms with Crippen molar-refractivity contribution in [2.24, 2.45) is 5.73 Å². The third-order valence-electron chi connectivity index (χ3n) is 2.09. The number of anilines is 1. The minimum absolute atomic E-state index is 0.00356. The van der Waals surface area contributed by atoms with E-state index in [9.17, 15) is 4.79 Å². The molecule has 2 aromatic heterocycles. The van der Waals surface area contributed by atoms with Crippen molar-refractivity contribution in [3.63, 3.8) is 0 Å². The molecule has 0 atom stereocenters. The van der Waals surface area contributed by atoms with Crippen LogP contribution in [0.5, 0.6) is 0 Å². The molecule has 1 amide bonds. The molecule has 0 aliphatic rings. The van der Waals surface area contributed by atoms with E-state index in [2.05, 4.69) is 10.1 Å². The first-order valence-electron chi connectivity index (χ1n) is 4.63. The highest BCUT2D eigenvalue weighted by atomic mass is 16.1. The van der Waals surface area contributed by atoms with Gasteiger partial charge in [0.25, 0.3) is 5.91 Å². The Morgan fingerprint density at radius 1 is 1.47 bits per heavy atom. The number of amides is 1. The summed E-state index contributed by atoms with van der Waals surface area (Å²) in [6, 6.07) is 5.13. The van der Waals surface area contributed by atoms with Crippen molar-refractivity contribution in [2.75, 3.05) is 5.73 Å². The maximum Gasteiger partial charge on any atom is 0.271 e. The molecule has 17 heavy (non-hydrogen) atoms. The molecule has 84 valence electrons. The van der Waals surface area contributed by atoms with Crippen LogP contribution in [0.2, 0.25) is 0 Å². The van der Waals surface area contributed by atoms with Crippen molar-refractivity contribution in [1.82, 2.24) is 14.8 Å². The van der Waals surface area contributed by atoms with Gasteiger partial charge in [0.15, 0.2) is 11.5 Å². The first kappa shape index (κ1) is 10.6. The summed E-state index contributed by atoms with van der Waals surface area (Å²) in [6.45, 7) is 0. The van der Waals surface area contributed by atoms with Gasteiger partial charge in [0.1, 0.15) is 6.07 Å². The van der Waals surface area contributed by atoms with Gasteiger partial charge in [0.05, 0.1) is 17.4 Å². The van der Waals surface area contributed by atoms with Crippen LogP contribution >= 0.6 is 0 Å². The number of nitrogens with zero attached hydrogens (tertiary/aromatic N) is 4. The van der Waals surface area contributed by atoms with E-state index in [-0.39, 0.29) is 11.4 Å². The average molecular weight is 228 g/mol. The monoisotopic (exact) mass is 228 g/mol. The zero-order valence-corrected chi connectivity index (χ0v) is 8.66. The van der Waals surface area contributed by atoms with Gasteiger partial charge in [0, 0.05) is 6.20 Å². The van der Waals surface area contributed by atoms with Crippen molar-refractivity contribution in [3.8, 4) is 11.9 Å². The molecular formula is C10H8N6O. The van der Waals surface area contributed by atoms with Gasteiger partial charge in [-0.05, 0) is 12.1 Å². The number of rotatable bonds is 2. The average Bonchev–Trinajstić information content (AvgIpc) is 2.71. The van der Waals surface area contributed by atoms with Gasteiger partial charge < -0.3 is 11.5 Å². The number of pyridine rings is 1. The molecule has 0 saturated carbocycles. The lowest BCUT2D eigenvalue weighted by Crippen LogP contribution is -2.14. The fourth-order valence-electron chi connectivity index (χ4n) is 1.28. The molecule has 0 aliphatic carbocycles. The Hall–Kier alpha value is -2.88. The van der Waals surface area contributed by atoms with Crippen molar-refractivity contribution in [1.29, 1.82) is 5.26 Å². The Kier molecular flexibility index (Phi) is 2.46. The summed E-state index contributed by atoms with van der Waals surface area (Å²) in [5.41, 5.74) is 11.3. The number of nitriles is 1. The van der Waals surface area contributed by atoms with Crippen LogP contribution in [-0.4, -0.2) is 20.7 Å². The Labute approximate surface area is 96.3 Å². The van der Waals surface area contributed by atoms with E-state index in [1.54, 1.807) is 12.1 Å². The molecule has 0 spiro atoms. The molecule has 7 heteroatoms. The van der Waals surface area contributed by atoms with E-state index in [0.717, 1.165) is 0 Å². The summed E-state index contributed by atoms with van der Waals surface area (Å²) in [6.07, 6.45) is 2.84. The number of hydrogen-bond donors (Lipinski definition) is 2. The van der Waals surface area contributed by atoms with Crippen LogP contribution in [0, 0.1) is 11.3 Å². The first-order chi connectivity index (χ1) is 8.11. The summed E-state index contributed by atoms with van der Waals surface area (Å²) < 4.78 is 1.33. The number of aromatic nitrogens is 3. The van der Waals surface area contributed by atoms with E-state index in [0.29, 0.717) is 11.4 Å². The molecule has 2 rings (SSSR count). The summed E-state index contributed by atoms with van der Waals surface area (Å²) >= 11 is 0. The molecule has 0 aliphatic heterocycles. The zero-order chi connectivity index (χ0) is 12.4. The lowest BCUT2D eigenvalue weighted by molar-refractivity contribution is 0.0996. The second kappa shape index (κ2) is 3.94. The van der Waals surface area contributed by atoms with Gasteiger partial charge in [-0.2, -0.15) is 10.4 Å². The zero-order valence-electron chi connectivity index (χ0n) is 8.66. The molecule has 0 radical (unpaired) electrons. The van der Waals surface area contributed by atoms with Gasteiger partial charge in [-0.3, -0.25) is 4.79 Å². The predicted octanol–water partition coefficient (Wildman–Crippen LogP) is -0.180. The van der Waals surface area contributed by atoms with E-state index in [1.165, 1.54) is 17.1 Å². The molecule has 0 aromatic carbocycles. The molecule has 2 heterocycles. The highest BCUT2D eigenvalue weighted by Gasteiger charge is 2.12. The van der Waals surface area contributed by atoms with Crippen LogP contribution in [-0.2, 0) is 0 Å². The number of nitrogen functional groups attached to an aromatic ring is 1. The van der Waals surface area contributed by atoms with Gasteiger partial charge in [-0.1, -0.05) is 0 Å². The van der Waals surface area contributed by atoms with Crippen LogP contribution in [0.4, 0.5) is 5.69 Å². The third kappa shape index (κ3) is 1.91. The molecule has 2 aromatic rings. The maximum atomic E-state index is 11.0. The van der Waals surface area contributed by atoms with Crippen molar-refractivity contribution in [3.05, 3.63) is 35.8 Å². The first-order valence-corrected chi connectivity index (χ1v) is 4.63. The molecule has 0 bridgehead atoms. The lowest BCUT2D eigenvalue weighted by Gasteiger charge is -1.98. The minimum atomic E-state index is -0.699. The van der Waals surface area contributed by atoms with Crippen LogP contribution in [0.25, 0.3) is 5.82 Å². The minimum Gasteiger partial charge on any atom is -0.396 e. The SMILES string of the molecule is N#Cc1ccc(-n2cc(N)c(C(N)=O)n2)nc1. The Morgan fingerprint density at radius 3 is 2.71 bits per heavy atom. The quantitative estimate of drug-likeness (QED) is 0.737. The normalized spacial score (nSPS) is 9.82. The van der Waals surface area contributed by atoms with E-state index in [1.807, 2.05) is 6.07 Å². The summed E-state index contributed by atoms with van der Waals surface area (Å²) in [7, 11) is 0. The highest BCUT2D eigenvalue weighted by Crippen LogP contribution is 2.12. The van der Waals surface area contributed by atoms with Crippen LogP contribution in [0.3, 0.4) is 0 Å². The van der Waals surface area contributed by atoms with Gasteiger partial charge in [-0.15, -0.1) is 0 Å². The fourth-order valence-corrected chi connectivity index (χ4v) is 1.28.